The van der Waals surface area contributed by atoms with Gasteiger partial charge < -0.3 is 10.5 Å². The molecule has 1 aliphatic carbocycles. The Hall–Kier alpha value is -0.730. The number of hydrogen-bond donors (Lipinski definition) is 1. The van der Waals surface area contributed by atoms with Gasteiger partial charge in [0.15, 0.2) is 0 Å². The Kier molecular flexibility index (Phi) is 6.67. The molecule has 2 nitrogen and oxygen atoms in total. The van der Waals surface area contributed by atoms with Crippen LogP contribution in [0.2, 0.25) is 0 Å². The summed E-state index contributed by atoms with van der Waals surface area (Å²) >= 11 is 0. The van der Waals surface area contributed by atoms with Crippen molar-refractivity contribution in [1.82, 2.24) is 0 Å². The zero-order valence-electron chi connectivity index (χ0n) is 12.1. The third kappa shape index (κ3) is 4.12. The van der Waals surface area contributed by atoms with Crippen molar-refractivity contribution in [3.8, 4) is 5.75 Å². The van der Waals surface area contributed by atoms with E-state index in [4.69, 9.17) is 10.5 Å². The molecule has 2 N–H and O–H groups in total. The summed E-state index contributed by atoms with van der Waals surface area (Å²) in [4.78, 5) is 0. The summed E-state index contributed by atoms with van der Waals surface area (Å²) in [6.45, 7) is 5.09. The van der Waals surface area contributed by atoms with Gasteiger partial charge in [0.05, 0.1) is 6.61 Å². The smallest absolute Gasteiger partial charge is 0.122 e. The van der Waals surface area contributed by atoms with Crippen molar-refractivity contribution >= 4 is 12.4 Å². The van der Waals surface area contributed by atoms with E-state index in [-0.39, 0.29) is 18.4 Å². The van der Waals surface area contributed by atoms with Crippen molar-refractivity contribution in [2.45, 2.75) is 58.4 Å². The van der Waals surface area contributed by atoms with E-state index in [0.717, 1.165) is 31.6 Å². The highest BCUT2D eigenvalue weighted by Crippen LogP contribution is 2.31. The molecule has 0 amide bonds. The van der Waals surface area contributed by atoms with E-state index in [9.17, 15) is 0 Å². The molecular formula is C16H26ClNO. The van der Waals surface area contributed by atoms with Crippen LogP contribution in [-0.4, -0.2) is 12.6 Å². The first-order valence-corrected chi connectivity index (χ1v) is 7.27. The van der Waals surface area contributed by atoms with Crippen LogP contribution in [0.1, 0.15) is 49.8 Å². The van der Waals surface area contributed by atoms with Crippen LogP contribution in [0.25, 0.3) is 0 Å². The summed E-state index contributed by atoms with van der Waals surface area (Å²) in [6, 6.07) is 4.84. The van der Waals surface area contributed by atoms with E-state index in [1.807, 2.05) is 0 Å². The molecule has 1 aromatic rings. The SMILES string of the molecule is CCCOc1cc2c(cc1CC(N)CC)CCC2.Cl. The molecule has 0 spiro atoms. The lowest BCUT2D eigenvalue weighted by atomic mass is 9.99. The Morgan fingerprint density at radius 1 is 1.21 bits per heavy atom. The Morgan fingerprint density at radius 2 is 1.89 bits per heavy atom. The average Bonchev–Trinajstić information content (AvgIpc) is 2.82. The number of hydrogen-bond acceptors (Lipinski definition) is 2. The van der Waals surface area contributed by atoms with Gasteiger partial charge in [-0.15, -0.1) is 12.4 Å². The average molecular weight is 284 g/mol. The van der Waals surface area contributed by atoms with Gasteiger partial charge in [0.2, 0.25) is 0 Å². The molecule has 1 unspecified atom stereocenters. The van der Waals surface area contributed by atoms with Crippen molar-refractivity contribution in [2.24, 2.45) is 5.73 Å². The van der Waals surface area contributed by atoms with Crippen LogP contribution in [0, 0.1) is 0 Å². The number of rotatable bonds is 6. The fourth-order valence-corrected chi connectivity index (χ4v) is 2.59. The third-order valence-electron chi connectivity index (χ3n) is 3.74. The summed E-state index contributed by atoms with van der Waals surface area (Å²) in [6.07, 6.45) is 6.71. The Labute approximate surface area is 123 Å². The monoisotopic (exact) mass is 283 g/mol. The highest BCUT2D eigenvalue weighted by atomic mass is 35.5. The van der Waals surface area contributed by atoms with Gasteiger partial charge in [-0.3, -0.25) is 0 Å². The van der Waals surface area contributed by atoms with Gasteiger partial charge >= 0.3 is 0 Å². The van der Waals surface area contributed by atoms with Gasteiger partial charge in [0.25, 0.3) is 0 Å². The number of nitrogens with two attached hydrogens (primary N) is 1. The maximum Gasteiger partial charge on any atom is 0.122 e. The maximum absolute atomic E-state index is 6.09. The molecule has 0 saturated heterocycles. The minimum absolute atomic E-state index is 0. The van der Waals surface area contributed by atoms with Crippen LogP contribution in [0.3, 0.4) is 0 Å². The molecule has 19 heavy (non-hydrogen) atoms. The number of fused-ring (bicyclic) bond motifs is 1. The molecule has 2 rings (SSSR count). The predicted molar refractivity (Wildman–Crippen MR) is 83.5 cm³/mol. The summed E-state index contributed by atoms with van der Waals surface area (Å²) in [7, 11) is 0. The van der Waals surface area contributed by atoms with Crippen LogP contribution >= 0.6 is 12.4 Å². The van der Waals surface area contributed by atoms with Crippen LogP contribution in [0.15, 0.2) is 12.1 Å². The minimum Gasteiger partial charge on any atom is -0.493 e. The van der Waals surface area contributed by atoms with Crippen molar-refractivity contribution in [3.63, 3.8) is 0 Å². The van der Waals surface area contributed by atoms with Crippen molar-refractivity contribution < 1.29 is 4.74 Å². The van der Waals surface area contributed by atoms with Crippen LogP contribution < -0.4 is 10.5 Å². The lowest BCUT2D eigenvalue weighted by molar-refractivity contribution is 0.313. The van der Waals surface area contributed by atoms with Crippen molar-refractivity contribution in [3.05, 3.63) is 28.8 Å². The first-order chi connectivity index (χ1) is 8.74. The van der Waals surface area contributed by atoms with Crippen LogP contribution in [-0.2, 0) is 19.3 Å². The summed E-state index contributed by atoms with van der Waals surface area (Å²) < 4.78 is 5.90. The molecule has 1 aromatic carbocycles. The van der Waals surface area contributed by atoms with Crippen molar-refractivity contribution in [1.29, 1.82) is 0 Å². The second-order valence-corrected chi connectivity index (χ2v) is 5.30. The van der Waals surface area contributed by atoms with Gasteiger partial charge in [-0.2, -0.15) is 0 Å². The standard InChI is InChI=1S/C16H25NO.ClH/c1-3-8-18-16-11-13-7-5-6-12(13)9-14(16)10-15(17)4-2;/h9,11,15H,3-8,10,17H2,1-2H3;1H. The quantitative estimate of drug-likeness (QED) is 0.865. The van der Waals surface area contributed by atoms with E-state index < -0.39 is 0 Å². The van der Waals surface area contributed by atoms with E-state index in [2.05, 4.69) is 26.0 Å². The van der Waals surface area contributed by atoms with Gasteiger partial charge in [-0.1, -0.05) is 19.9 Å². The second kappa shape index (κ2) is 7.76. The first-order valence-electron chi connectivity index (χ1n) is 7.27. The van der Waals surface area contributed by atoms with E-state index in [1.165, 1.54) is 36.0 Å². The Balaban J connectivity index is 0.00000180. The van der Waals surface area contributed by atoms with Gasteiger partial charge in [0.1, 0.15) is 5.75 Å². The molecular weight excluding hydrogens is 258 g/mol. The molecule has 0 aliphatic heterocycles. The fraction of sp³-hybridized carbons (Fsp3) is 0.625. The summed E-state index contributed by atoms with van der Waals surface area (Å²) in [5.74, 6) is 1.07. The molecule has 3 heteroatoms. The third-order valence-corrected chi connectivity index (χ3v) is 3.74. The molecule has 0 saturated carbocycles. The molecule has 0 heterocycles. The van der Waals surface area contributed by atoms with Crippen LogP contribution in [0.5, 0.6) is 5.75 Å². The van der Waals surface area contributed by atoms with Gasteiger partial charge in [0, 0.05) is 6.04 Å². The van der Waals surface area contributed by atoms with Gasteiger partial charge in [-0.05, 0) is 61.3 Å². The number of benzene rings is 1. The highest BCUT2D eigenvalue weighted by molar-refractivity contribution is 5.85. The molecule has 1 aliphatic rings. The minimum atomic E-state index is 0. The molecule has 0 aromatic heterocycles. The topological polar surface area (TPSA) is 35.2 Å². The molecule has 0 fully saturated rings. The fourth-order valence-electron chi connectivity index (χ4n) is 2.59. The Bertz CT molecular complexity index is 406. The highest BCUT2D eigenvalue weighted by Gasteiger charge is 2.16. The zero-order valence-corrected chi connectivity index (χ0v) is 12.9. The van der Waals surface area contributed by atoms with Crippen molar-refractivity contribution in [2.75, 3.05) is 6.61 Å². The van der Waals surface area contributed by atoms with Gasteiger partial charge in [-0.25, -0.2) is 0 Å². The normalized spacial score (nSPS) is 14.7. The molecule has 0 radical (unpaired) electrons. The zero-order chi connectivity index (χ0) is 13.0. The molecule has 1 atom stereocenters. The van der Waals surface area contributed by atoms with E-state index in [0.29, 0.717) is 0 Å². The number of ether oxygens (including phenoxy) is 1. The number of halogens is 1. The van der Waals surface area contributed by atoms with Crippen LogP contribution in [0.4, 0.5) is 0 Å². The second-order valence-electron chi connectivity index (χ2n) is 5.30. The Morgan fingerprint density at radius 3 is 2.53 bits per heavy atom. The summed E-state index contributed by atoms with van der Waals surface area (Å²) in [5, 5.41) is 0. The first kappa shape index (κ1) is 16.3. The summed E-state index contributed by atoms with van der Waals surface area (Å²) in [5.41, 5.74) is 10.4. The predicted octanol–water partition coefficient (Wildman–Crippen LogP) is 3.67. The lowest BCUT2D eigenvalue weighted by Crippen LogP contribution is -2.22. The number of aryl methyl sites for hydroxylation is 2. The largest absolute Gasteiger partial charge is 0.493 e. The molecule has 108 valence electrons. The van der Waals surface area contributed by atoms with E-state index in [1.54, 1.807) is 0 Å². The maximum atomic E-state index is 6.09. The van der Waals surface area contributed by atoms with E-state index >= 15 is 0 Å². The molecule has 0 bridgehead atoms. The lowest BCUT2D eigenvalue weighted by Gasteiger charge is -2.16.